The highest BCUT2D eigenvalue weighted by atomic mass is 16.6. The Kier molecular flexibility index (Phi) is 4.83. The third-order valence-corrected chi connectivity index (χ3v) is 3.72. The van der Waals surface area contributed by atoms with Gasteiger partial charge in [-0.25, -0.2) is 0 Å². The van der Waals surface area contributed by atoms with Crippen molar-refractivity contribution in [1.29, 1.82) is 5.26 Å². The molecule has 5 nitrogen and oxygen atoms in total. The predicted molar refractivity (Wildman–Crippen MR) is 76.7 cm³/mol. The van der Waals surface area contributed by atoms with Gasteiger partial charge in [0, 0.05) is 18.3 Å². The maximum absolute atomic E-state index is 10.6. The fraction of sp³-hybridized carbons (Fsp3) is 0.467. The van der Waals surface area contributed by atoms with Crippen molar-refractivity contribution in [3.05, 3.63) is 39.9 Å². The largest absolute Gasteiger partial charge is 0.274 e. The second-order valence-corrected chi connectivity index (χ2v) is 5.10. The molecule has 0 saturated heterocycles. The van der Waals surface area contributed by atoms with Gasteiger partial charge in [-0.1, -0.05) is 19.3 Å². The molecule has 0 amide bonds. The Balaban J connectivity index is 2.03. The van der Waals surface area contributed by atoms with E-state index < -0.39 is 4.92 Å². The van der Waals surface area contributed by atoms with E-state index >= 15 is 0 Å². The molecule has 5 heteroatoms. The summed E-state index contributed by atoms with van der Waals surface area (Å²) in [7, 11) is 0. The van der Waals surface area contributed by atoms with Gasteiger partial charge in [0.1, 0.15) is 6.04 Å². The third-order valence-electron chi connectivity index (χ3n) is 3.72. The van der Waals surface area contributed by atoms with Crippen molar-refractivity contribution in [2.75, 3.05) is 0 Å². The average molecular weight is 271 g/mol. The van der Waals surface area contributed by atoms with Crippen LogP contribution in [0.25, 0.3) is 0 Å². The van der Waals surface area contributed by atoms with Crippen molar-refractivity contribution >= 4 is 11.9 Å². The molecule has 1 atom stereocenters. The summed E-state index contributed by atoms with van der Waals surface area (Å²) in [6, 6.07) is 8.16. The number of nitriles is 1. The first-order valence-electron chi connectivity index (χ1n) is 6.88. The molecule has 0 radical (unpaired) electrons. The Labute approximate surface area is 118 Å². The minimum atomic E-state index is -0.430. The summed E-state index contributed by atoms with van der Waals surface area (Å²) in [5.41, 5.74) is 0.845. The summed E-state index contributed by atoms with van der Waals surface area (Å²) >= 11 is 0. The first kappa shape index (κ1) is 14.2. The van der Waals surface area contributed by atoms with Gasteiger partial charge in [-0.3, -0.25) is 15.1 Å². The third kappa shape index (κ3) is 3.64. The lowest BCUT2D eigenvalue weighted by Crippen LogP contribution is -2.20. The van der Waals surface area contributed by atoms with Crippen molar-refractivity contribution in [1.82, 2.24) is 0 Å². The molecule has 0 aromatic heterocycles. The highest BCUT2D eigenvalue weighted by Gasteiger charge is 2.22. The minimum Gasteiger partial charge on any atom is -0.274 e. The minimum absolute atomic E-state index is 0.0614. The summed E-state index contributed by atoms with van der Waals surface area (Å²) in [5.74, 6) is 0.350. The van der Waals surface area contributed by atoms with Crippen molar-refractivity contribution in [2.24, 2.45) is 10.9 Å². The standard InChI is InChI=1S/C15H17N3O2/c16-10-15(13-4-2-1-3-5-13)17-11-12-6-8-14(9-7-12)18(19)20/h6-9,11,13,15H,1-5H2. The van der Waals surface area contributed by atoms with Crippen molar-refractivity contribution in [3.8, 4) is 6.07 Å². The number of hydrogen-bond donors (Lipinski definition) is 0. The van der Waals surface area contributed by atoms with Gasteiger partial charge in [0.25, 0.3) is 5.69 Å². The lowest BCUT2D eigenvalue weighted by molar-refractivity contribution is -0.384. The summed E-state index contributed by atoms with van der Waals surface area (Å²) in [5, 5.41) is 19.8. The lowest BCUT2D eigenvalue weighted by atomic mass is 9.84. The molecule has 0 bridgehead atoms. The van der Waals surface area contributed by atoms with E-state index in [0.717, 1.165) is 18.4 Å². The van der Waals surface area contributed by atoms with E-state index in [1.54, 1.807) is 18.3 Å². The predicted octanol–water partition coefficient (Wildman–Crippen LogP) is 3.49. The quantitative estimate of drug-likeness (QED) is 0.477. The molecule has 104 valence electrons. The zero-order valence-corrected chi connectivity index (χ0v) is 11.2. The van der Waals surface area contributed by atoms with Crippen LogP contribution < -0.4 is 0 Å². The SMILES string of the molecule is N#CC(N=Cc1ccc([N+](=O)[O-])cc1)C1CCCCC1. The van der Waals surface area contributed by atoms with Crippen LogP contribution in [-0.2, 0) is 0 Å². The van der Waals surface area contributed by atoms with E-state index in [9.17, 15) is 15.4 Å². The van der Waals surface area contributed by atoms with Crippen LogP contribution in [0.5, 0.6) is 0 Å². The normalized spacial score (nSPS) is 17.8. The molecular weight excluding hydrogens is 254 g/mol. The monoisotopic (exact) mass is 271 g/mol. The molecule has 20 heavy (non-hydrogen) atoms. The van der Waals surface area contributed by atoms with E-state index in [4.69, 9.17) is 0 Å². The molecule has 1 fully saturated rings. The van der Waals surface area contributed by atoms with Gasteiger partial charge in [-0.05, 0) is 36.5 Å². The second-order valence-electron chi connectivity index (χ2n) is 5.10. The van der Waals surface area contributed by atoms with E-state index in [0.29, 0.717) is 5.92 Å². The first-order chi connectivity index (χ1) is 9.70. The molecule has 1 aliphatic carbocycles. The van der Waals surface area contributed by atoms with Crippen molar-refractivity contribution in [3.63, 3.8) is 0 Å². The van der Waals surface area contributed by atoms with Crippen LogP contribution in [0.15, 0.2) is 29.3 Å². The summed E-state index contributed by atoms with van der Waals surface area (Å²) < 4.78 is 0. The molecule has 1 aromatic carbocycles. The van der Waals surface area contributed by atoms with Crippen LogP contribution in [0.4, 0.5) is 5.69 Å². The number of non-ortho nitro benzene ring substituents is 1. The van der Waals surface area contributed by atoms with Gasteiger partial charge in [-0.2, -0.15) is 5.26 Å². The van der Waals surface area contributed by atoms with Crippen LogP contribution in [-0.4, -0.2) is 17.2 Å². The summed E-state index contributed by atoms with van der Waals surface area (Å²) in [4.78, 5) is 14.5. The van der Waals surface area contributed by atoms with Crippen LogP contribution in [0.2, 0.25) is 0 Å². The highest BCUT2D eigenvalue weighted by Crippen LogP contribution is 2.27. The Morgan fingerprint density at radius 3 is 2.50 bits per heavy atom. The summed E-state index contributed by atoms with van der Waals surface area (Å²) in [6.07, 6.45) is 7.38. The molecule has 1 saturated carbocycles. The first-order valence-corrected chi connectivity index (χ1v) is 6.88. The number of aliphatic imine (C=N–C) groups is 1. The molecule has 1 aromatic rings. The highest BCUT2D eigenvalue weighted by molar-refractivity contribution is 5.80. The Morgan fingerprint density at radius 1 is 1.30 bits per heavy atom. The number of nitrogens with zero attached hydrogens (tertiary/aromatic N) is 3. The summed E-state index contributed by atoms with van der Waals surface area (Å²) in [6.45, 7) is 0. The lowest BCUT2D eigenvalue weighted by Gasteiger charge is -2.23. The van der Waals surface area contributed by atoms with Gasteiger partial charge >= 0.3 is 0 Å². The Bertz CT molecular complexity index is 525. The van der Waals surface area contributed by atoms with E-state index in [-0.39, 0.29) is 11.7 Å². The van der Waals surface area contributed by atoms with Crippen LogP contribution in [0, 0.1) is 27.4 Å². The van der Waals surface area contributed by atoms with Crippen molar-refractivity contribution in [2.45, 2.75) is 38.1 Å². The number of hydrogen-bond acceptors (Lipinski definition) is 4. The van der Waals surface area contributed by atoms with E-state index in [1.807, 2.05) is 0 Å². The molecule has 1 aliphatic rings. The van der Waals surface area contributed by atoms with Gasteiger partial charge in [0.2, 0.25) is 0 Å². The van der Waals surface area contributed by atoms with Crippen LogP contribution in [0.1, 0.15) is 37.7 Å². The number of nitro benzene ring substituents is 1. The smallest absolute Gasteiger partial charge is 0.269 e. The van der Waals surface area contributed by atoms with Gasteiger partial charge in [0.15, 0.2) is 0 Å². The molecule has 0 spiro atoms. The Hall–Kier alpha value is -2.22. The fourth-order valence-electron chi connectivity index (χ4n) is 2.56. The number of nitro groups is 1. The number of rotatable bonds is 4. The zero-order chi connectivity index (χ0) is 14.4. The molecule has 2 rings (SSSR count). The van der Waals surface area contributed by atoms with Crippen molar-refractivity contribution < 1.29 is 4.92 Å². The molecule has 0 N–H and O–H groups in total. The molecule has 0 heterocycles. The van der Waals surface area contributed by atoms with E-state index in [2.05, 4.69) is 11.1 Å². The van der Waals surface area contributed by atoms with Crippen LogP contribution >= 0.6 is 0 Å². The maximum atomic E-state index is 10.6. The maximum Gasteiger partial charge on any atom is 0.269 e. The van der Waals surface area contributed by atoms with Crippen LogP contribution in [0.3, 0.4) is 0 Å². The molecular formula is C15H17N3O2. The van der Waals surface area contributed by atoms with Gasteiger partial charge < -0.3 is 0 Å². The van der Waals surface area contributed by atoms with E-state index in [1.165, 1.54) is 31.4 Å². The van der Waals surface area contributed by atoms with Gasteiger partial charge in [-0.15, -0.1) is 0 Å². The Morgan fingerprint density at radius 2 is 1.95 bits per heavy atom. The topological polar surface area (TPSA) is 79.3 Å². The second kappa shape index (κ2) is 6.80. The molecule has 0 aliphatic heterocycles. The average Bonchev–Trinajstić information content (AvgIpc) is 2.49. The van der Waals surface area contributed by atoms with Gasteiger partial charge in [0.05, 0.1) is 11.0 Å². The molecule has 1 unspecified atom stereocenters. The zero-order valence-electron chi connectivity index (χ0n) is 11.2. The number of benzene rings is 1. The fourth-order valence-corrected chi connectivity index (χ4v) is 2.56.